The van der Waals surface area contributed by atoms with Gasteiger partial charge in [0.1, 0.15) is 6.04 Å². The molecule has 0 bridgehead atoms. The van der Waals surface area contributed by atoms with E-state index >= 15 is 0 Å². The van der Waals surface area contributed by atoms with Gasteiger partial charge >= 0.3 is 0 Å². The van der Waals surface area contributed by atoms with E-state index in [9.17, 15) is 9.59 Å². The van der Waals surface area contributed by atoms with Crippen LogP contribution in [0.15, 0.2) is 12.2 Å². The maximum atomic E-state index is 11.3. The van der Waals surface area contributed by atoms with Crippen molar-refractivity contribution in [2.24, 2.45) is 0 Å². The summed E-state index contributed by atoms with van der Waals surface area (Å²) in [5.74, 6) is -0.419. The third-order valence-corrected chi connectivity index (χ3v) is 1.55. The third kappa shape index (κ3) is 3.73. The van der Waals surface area contributed by atoms with Crippen molar-refractivity contribution >= 4 is 11.8 Å². The second-order valence-corrected chi connectivity index (χ2v) is 3.21. The van der Waals surface area contributed by atoms with Crippen LogP contribution in [-0.2, 0) is 9.59 Å². The molecule has 0 aromatic heterocycles. The van der Waals surface area contributed by atoms with E-state index < -0.39 is 6.04 Å². The smallest absolute Gasteiger partial charge is 0.246 e. The van der Waals surface area contributed by atoms with Crippen molar-refractivity contribution in [1.29, 1.82) is 0 Å². The van der Waals surface area contributed by atoms with Crippen LogP contribution in [0.5, 0.6) is 0 Å². The van der Waals surface area contributed by atoms with E-state index in [1.807, 2.05) is 0 Å². The normalized spacial score (nSPS) is 11.7. The minimum atomic E-state index is -0.501. The maximum Gasteiger partial charge on any atom is 0.246 e. The lowest BCUT2D eigenvalue weighted by Crippen LogP contribution is -2.44. The van der Waals surface area contributed by atoms with Crippen LogP contribution in [0, 0.1) is 0 Å². The first-order valence-corrected chi connectivity index (χ1v) is 4.03. The highest BCUT2D eigenvalue weighted by Gasteiger charge is 2.16. The molecular formula is C9H16N2O2. The molecule has 0 aliphatic carbocycles. The number of amides is 2. The molecular weight excluding hydrogens is 168 g/mol. The van der Waals surface area contributed by atoms with Crippen molar-refractivity contribution in [3.05, 3.63) is 12.2 Å². The number of nitrogens with zero attached hydrogens (tertiary/aromatic N) is 1. The Bertz CT molecular complexity index is 234. The van der Waals surface area contributed by atoms with Crippen molar-refractivity contribution in [1.82, 2.24) is 10.2 Å². The topological polar surface area (TPSA) is 49.4 Å². The van der Waals surface area contributed by atoms with Crippen LogP contribution in [0.1, 0.15) is 13.8 Å². The van der Waals surface area contributed by atoms with Crippen molar-refractivity contribution in [2.75, 3.05) is 14.1 Å². The van der Waals surface area contributed by atoms with Crippen LogP contribution in [0.25, 0.3) is 0 Å². The summed E-state index contributed by atoms with van der Waals surface area (Å²) in [6.07, 6.45) is 0. The summed E-state index contributed by atoms with van der Waals surface area (Å²) >= 11 is 0. The molecule has 0 heterocycles. The Hall–Kier alpha value is -1.32. The Morgan fingerprint density at radius 3 is 2.15 bits per heavy atom. The van der Waals surface area contributed by atoms with Gasteiger partial charge in [-0.2, -0.15) is 0 Å². The van der Waals surface area contributed by atoms with Gasteiger partial charge in [0.15, 0.2) is 0 Å². The fraction of sp³-hybridized carbons (Fsp3) is 0.556. The molecule has 0 aromatic carbocycles. The van der Waals surface area contributed by atoms with Crippen molar-refractivity contribution in [3.8, 4) is 0 Å². The molecule has 0 saturated carbocycles. The van der Waals surface area contributed by atoms with E-state index in [1.54, 1.807) is 27.9 Å². The number of likely N-dealkylation sites (N-methyl/N-ethyl adjacent to an activating group) is 1. The van der Waals surface area contributed by atoms with Gasteiger partial charge in [-0.3, -0.25) is 9.59 Å². The molecule has 0 spiro atoms. The summed E-state index contributed by atoms with van der Waals surface area (Å²) < 4.78 is 0. The molecule has 0 aliphatic heterocycles. The van der Waals surface area contributed by atoms with Crippen LogP contribution in [0.3, 0.4) is 0 Å². The molecule has 0 rings (SSSR count). The molecule has 74 valence electrons. The van der Waals surface area contributed by atoms with Crippen molar-refractivity contribution in [2.45, 2.75) is 19.9 Å². The monoisotopic (exact) mass is 184 g/mol. The van der Waals surface area contributed by atoms with Crippen molar-refractivity contribution in [3.63, 3.8) is 0 Å². The second kappa shape index (κ2) is 4.64. The van der Waals surface area contributed by atoms with Gasteiger partial charge in [0.25, 0.3) is 0 Å². The predicted octanol–water partition coefficient (Wildman–Crippen LogP) is 0.155. The Balaban J connectivity index is 4.15. The van der Waals surface area contributed by atoms with Crippen molar-refractivity contribution < 1.29 is 9.59 Å². The molecule has 0 aliphatic rings. The molecule has 0 saturated heterocycles. The number of carbonyl (C=O) groups is 2. The third-order valence-electron chi connectivity index (χ3n) is 1.55. The predicted molar refractivity (Wildman–Crippen MR) is 51.1 cm³/mol. The fourth-order valence-corrected chi connectivity index (χ4v) is 0.769. The average molecular weight is 184 g/mol. The van der Waals surface area contributed by atoms with Crippen LogP contribution in [0.2, 0.25) is 0 Å². The molecule has 1 atom stereocenters. The quantitative estimate of drug-likeness (QED) is 0.635. The van der Waals surface area contributed by atoms with Gasteiger partial charge in [0.2, 0.25) is 11.8 Å². The molecule has 0 aromatic rings. The van der Waals surface area contributed by atoms with E-state index in [4.69, 9.17) is 0 Å². The van der Waals surface area contributed by atoms with Gasteiger partial charge in [-0.1, -0.05) is 6.58 Å². The van der Waals surface area contributed by atoms with Gasteiger partial charge in [-0.25, -0.2) is 0 Å². The molecule has 0 fully saturated rings. The van der Waals surface area contributed by atoms with Crippen LogP contribution < -0.4 is 5.32 Å². The number of nitrogens with one attached hydrogen (secondary N) is 1. The minimum absolute atomic E-state index is 0.130. The van der Waals surface area contributed by atoms with Crippen LogP contribution >= 0.6 is 0 Å². The van der Waals surface area contributed by atoms with Gasteiger partial charge in [-0.15, -0.1) is 0 Å². The van der Waals surface area contributed by atoms with Gasteiger partial charge in [0, 0.05) is 19.7 Å². The minimum Gasteiger partial charge on any atom is -0.347 e. The van der Waals surface area contributed by atoms with E-state index in [1.165, 1.54) is 4.90 Å². The highest BCUT2D eigenvalue weighted by Crippen LogP contribution is 1.92. The first-order chi connectivity index (χ1) is 5.86. The van der Waals surface area contributed by atoms with Crippen LogP contribution in [0.4, 0.5) is 0 Å². The van der Waals surface area contributed by atoms with Crippen LogP contribution in [-0.4, -0.2) is 36.9 Å². The van der Waals surface area contributed by atoms with Gasteiger partial charge in [0.05, 0.1) is 0 Å². The maximum absolute atomic E-state index is 11.3. The number of carbonyl (C=O) groups excluding carboxylic acids is 2. The molecule has 13 heavy (non-hydrogen) atoms. The molecule has 1 N–H and O–H groups in total. The Morgan fingerprint density at radius 2 is 1.85 bits per heavy atom. The molecule has 4 heteroatoms. The lowest BCUT2D eigenvalue weighted by molar-refractivity contribution is -0.133. The SMILES string of the molecule is C=C(C)C(=O)N[C@@H](C)C(=O)N(C)C. The summed E-state index contributed by atoms with van der Waals surface area (Å²) in [5.41, 5.74) is 0.401. The van der Waals surface area contributed by atoms with E-state index in [0.29, 0.717) is 5.57 Å². The zero-order valence-electron chi connectivity index (χ0n) is 8.55. The summed E-state index contributed by atoms with van der Waals surface area (Å²) in [6.45, 7) is 6.72. The zero-order valence-corrected chi connectivity index (χ0v) is 8.55. The van der Waals surface area contributed by atoms with E-state index in [-0.39, 0.29) is 11.8 Å². The number of rotatable bonds is 3. The zero-order chi connectivity index (χ0) is 10.6. The highest BCUT2D eigenvalue weighted by atomic mass is 16.2. The molecule has 0 unspecified atom stereocenters. The lowest BCUT2D eigenvalue weighted by Gasteiger charge is -2.17. The van der Waals surface area contributed by atoms with E-state index in [2.05, 4.69) is 11.9 Å². The lowest BCUT2D eigenvalue weighted by atomic mass is 10.2. The Labute approximate surface area is 78.6 Å². The average Bonchev–Trinajstić information content (AvgIpc) is 2.02. The number of hydrogen-bond donors (Lipinski definition) is 1. The molecule has 0 radical (unpaired) electrons. The fourth-order valence-electron chi connectivity index (χ4n) is 0.769. The standard InChI is InChI=1S/C9H16N2O2/c1-6(2)8(12)10-7(3)9(13)11(4)5/h7H,1H2,2-5H3,(H,10,12)/t7-/m0/s1. The first-order valence-electron chi connectivity index (χ1n) is 4.03. The molecule has 2 amide bonds. The van der Waals surface area contributed by atoms with Gasteiger partial charge < -0.3 is 10.2 Å². The Morgan fingerprint density at radius 1 is 1.38 bits per heavy atom. The number of hydrogen-bond acceptors (Lipinski definition) is 2. The summed E-state index contributed by atoms with van der Waals surface area (Å²) in [6, 6.07) is -0.501. The van der Waals surface area contributed by atoms with E-state index in [0.717, 1.165) is 0 Å². The second-order valence-electron chi connectivity index (χ2n) is 3.21. The summed E-state index contributed by atoms with van der Waals surface area (Å²) in [5, 5.41) is 2.53. The molecule has 4 nitrogen and oxygen atoms in total. The van der Waals surface area contributed by atoms with Gasteiger partial charge in [-0.05, 0) is 13.8 Å². The largest absolute Gasteiger partial charge is 0.347 e. The Kier molecular flexibility index (Phi) is 4.17. The summed E-state index contributed by atoms with van der Waals surface area (Å²) in [7, 11) is 3.29. The highest BCUT2D eigenvalue weighted by molar-refractivity contribution is 5.95. The summed E-state index contributed by atoms with van der Waals surface area (Å²) in [4.78, 5) is 23.8. The first kappa shape index (κ1) is 11.7.